The third kappa shape index (κ3) is 116. The van der Waals surface area contributed by atoms with E-state index in [9.17, 15) is 39.6 Å². The standard InChI is InChI=1S/C5H6F6.C5H12.C3H6O.C3H8.C2H6O2S.C2H6O.C2H6S.C2H6/c1-3(2,4(6,7)8)5(9,10)11;1-5(2,3)4;1-3(2)4;1-3-2;1-5(2,3)4;2*1-3-2;1-2/h1-2H3;1-4H3;1-2H3;3H2,1-2H3;1-2H3;2*1-2H3;1-2H3. The van der Waals surface area contributed by atoms with Crippen LogP contribution in [0.4, 0.5) is 26.3 Å². The molecule has 0 aromatic carbocycles. The molecule has 0 spiro atoms. The van der Waals surface area contributed by atoms with Gasteiger partial charge in [0.1, 0.15) is 15.6 Å². The first-order valence-electron chi connectivity index (χ1n) is 11.0. The molecule has 0 unspecified atom stereocenters. The third-order valence-electron chi connectivity index (χ3n) is 1.42. The average Bonchev–Trinajstić information content (AvgIpc) is 2.53. The highest BCUT2D eigenvalue weighted by atomic mass is 32.2. The Morgan fingerprint density at radius 1 is 0.750 bits per heavy atom. The molecule has 0 aromatic heterocycles. The summed E-state index contributed by atoms with van der Waals surface area (Å²) < 4.78 is 93.2. The van der Waals surface area contributed by atoms with Gasteiger partial charge in [0, 0.05) is 26.7 Å². The molecule has 0 heterocycles. The summed E-state index contributed by atoms with van der Waals surface area (Å²) in [6, 6.07) is 0. The first kappa shape index (κ1) is 55.9. The fraction of sp³-hybridized carbons (Fsp3) is 0.958. The van der Waals surface area contributed by atoms with E-state index in [-0.39, 0.29) is 19.6 Å². The fourth-order valence-electron chi connectivity index (χ4n) is 0.161. The summed E-state index contributed by atoms with van der Waals surface area (Å²) in [7, 11) is 0.583. The summed E-state index contributed by atoms with van der Waals surface area (Å²) >= 11 is 1.75. The second-order valence-electron chi connectivity index (χ2n) is 9.20. The first-order chi connectivity index (χ1) is 15.5. The number of ketones is 1. The van der Waals surface area contributed by atoms with E-state index >= 15 is 0 Å². The molecule has 0 atom stereocenters. The number of sulfone groups is 1. The molecule has 0 rings (SSSR count). The zero-order chi connectivity index (χ0) is 32.2. The van der Waals surface area contributed by atoms with Crippen LogP contribution in [0, 0.1) is 10.8 Å². The minimum absolute atomic E-state index is 0.104. The molecular formula is C24H56F6O4S2. The minimum atomic E-state index is -5.24. The maximum atomic E-state index is 11.6. The molecule has 0 aliphatic heterocycles. The Labute approximate surface area is 223 Å². The normalized spacial score (nSPS) is 10.3. The van der Waals surface area contributed by atoms with Crippen LogP contribution < -0.4 is 0 Å². The number of carbonyl (C=O) groups excluding carboxylic acids is 1. The van der Waals surface area contributed by atoms with Crippen LogP contribution in [0.3, 0.4) is 0 Å². The number of thioether (sulfide) groups is 1. The Kier molecular flexibility index (Phi) is 47.7. The first-order valence-corrected chi connectivity index (χ1v) is 15.0. The van der Waals surface area contributed by atoms with Crippen molar-refractivity contribution in [3.05, 3.63) is 0 Å². The van der Waals surface area contributed by atoms with E-state index in [1.165, 1.54) is 20.3 Å². The van der Waals surface area contributed by atoms with Crippen LogP contribution in [0.2, 0.25) is 0 Å². The van der Waals surface area contributed by atoms with Crippen LogP contribution in [-0.2, 0) is 19.4 Å². The molecule has 0 aliphatic rings. The van der Waals surface area contributed by atoms with E-state index in [4.69, 9.17) is 0 Å². The number of halogens is 6. The van der Waals surface area contributed by atoms with Crippen molar-refractivity contribution in [3.8, 4) is 0 Å². The zero-order valence-electron chi connectivity index (χ0n) is 25.9. The van der Waals surface area contributed by atoms with E-state index in [1.807, 2.05) is 26.4 Å². The number of methoxy groups -OCH3 is 1. The number of ether oxygens (including phenoxy) is 1. The molecular weight excluding hydrogens is 530 g/mol. The van der Waals surface area contributed by atoms with Crippen molar-refractivity contribution >= 4 is 27.4 Å². The highest BCUT2D eigenvalue weighted by Crippen LogP contribution is 2.49. The Balaban J connectivity index is -0.0000000449. The molecule has 0 fully saturated rings. The maximum Gasteiger partial charge on any atom is 0.402 e. The lowest BCUT2D eigenvalue weighted by Crippen LogP contribution is -2.44. The van der Waals surface area contributed by atoms with Crippen molar-refractivity contribution in [2.45, 2.75) is 102 Å². The van der Waals surface area contributed by atoms with Crippen LogP contribution in [-0.4, -0.2) is 65.8 Å². The lowest BCUT2D eigenvalue weighted by atomic mass is 9.92. The van der Waals surface area contributed by atoms with E-state index in [2.05, 4.69) is 46.3 Å². The second kappa shape index (κ2) is 30.7. The van der Waals surface area contributed by atoms with Crippen molar-refractivity contribution in [2.75, 3.05) is 39.2 Å². The minimum Gasteiger partial charge on any atom is -0.388 e. The lowest BCUT2D eigenvalue weighted by Gasteiger charge is -2.29. The molecule has 0 aliphatic carbocycles. The molecule has 230 valence electrons. The summed E-state index contributed by atoms with van der Waals surface area (Å²) in [6.07, 6.45) is -2.84. The third-order valence-corrected chi connectivity index (χ3v) is 1.42. The van der Waals surface area contributed by atoms with Gasteiger partial charge >= 0.3 is 12.4 Å². The topological polar surface area (TPSA) is 60.4 Å². The fourth-order valence-corrected chi connectivity index (χ4v) is 0.161. The molecule has 0 N–H and O–H groups in total. The van der Waals surface area contributed by atoms with E-state index in [0.717, 1.165) is 12.5 Å². The van der Waals surface area contributed by atoms with Gasteiger partial charge < -0.3 is 9.53 Å². The largest absolute Gasteiger partial charge is 0.402 e. The average molecular weight is 587 g/mol. The zero-order valence-corrected chi connectivity index (χ0v) is 27.6. The van der Waals surface area contributed by atoms with Gasteiger partial charge in [-0.25, -0.2) is 8.42 Å². The van der Waals surface area contributed by atoms with Crippen molar-refractivity contribution in [1.29, 1.82) is 0 Å². The van der Waals surface area contributed by atoms with Gasteiger partial charge in [0.05, 0.1) is 0 Å². The van der Waals surface area contributed by atoms with Gasteiger partial charge in [-0.2, -0.15) is 38.1 Å². The second-order valence-corrected chi connectivity index (χ2v) is 12.3. The molecule has 0 radical (unpaired) electrons. The molecule has 0 aromatic rings. The number of hydrogen-bond acceptors (Lipinski definition) is 5. The summed E-state index contributed by atoms with van der Waals surface area (Å²) in [4.78, 5) is 9.44. The predicted octanol–water partition coefficient (Wildman–Crippen LogP) is 9.13. The number of Topliss-reactive ketones (excluding diaryl/α,β-unsaturated/α-hetero) is 1. The van der Waals surface area contributed by atoms with E-state index in [0.29, 0.717) is 5.41 Å². The van der Waals surface area contributed by atoms with Gasteiger partial charge in [0.25, 0.3) is 0 Å². The van der Waals surface area contributed by atoms with Crippen LogP contribution in [0.15, 0.2) is 0 Å². The highest BCUT2D eigenvalue weighted by molar-refractivity contribution is 7.97. The van der Waals surface area contributed by atoms with Gasteiger partial charge in [-0.15, -0.1) is 0 Å². The van der Waals surface area contributed by atoms with Gasteiger partial charge in [0.15, 0.2) is 5.41 Å². The van der Waals surface area contributed by atoms with Crippen molar-refractivity contribution < 1.29 is 44.3 Å². The summed E-state index contributed by atoms with van der Waals surface area (Å²) in [5.41, 5.74) is -3.12. The number of rotatable bonds is 0. The van der Waals surface area contributed by atoms with Crippen molar-refractivity contribution in [2.24, 2.45) is 10.8 Å². The monoisotopic (exact) mass is 586 g/mol. The molecule has 4 nitrogen and oxygen atoms in total. The highest BCUT2D eigenvalue weighted by Gasteiger charge is 2.64. The Hall–Kier alpha value is -0.490. The summed E-state index contributed by atoms with van der Waals surface area (Å²) in [5, 5.41) is 0. The van der Waals surface area contributed by atoms with Crippen LogP contribution >= 0.6 is 11.8 Å². The number of alkyl halides is 6. The molecule has 36 heavy (non-hydrogen) atoms. The molecule has 0 saturated carbocycles. The van der Waals surface area contributed by atoms with E-state index < -0.39 is 27.6 Å². The van der Waals surface area contributed by atoms with Crippen LogP contribution in [0.1, 0.15) is 89.5 Å². The summed E-state index contributed by atoms with van der Waals surface area (Å²) in [6.45, 7) is 20.3. The Morgan fingerprint density at radius 3 is 0.806 bits per heavy atom. The smallest absolute Gasteiger partial charge is 0.388 e. The van der Waals surface area contributed by atoms with Crippen LogP contribution in [0.25, 0.3) is 0 Å². The van der Waals surface area contributed by atoms with E-state index in [1.54, 1.807) is 26.0 Å². The SMILES string of the molecule is CC.CC(C)(C(F)(F)F)C(F)(F)F.CC(C)(C)C.CC(C)=O.CCC.COC.CS(C)(=O)=O.CSC. The number of hydrogen-bond donors (Lipinski definition) is 0. The Bertz CT molecular complexity index is 485. The lowest BCUT2D eigenvalue weighted by molar-refractivity contribution is -0.327. The van der Waals surface area contributed by atoms with Crippen molar-refractivity contribution in [3.63, 3.8) is 0 Å². The molecule has 0 amide bonds. The summed E-state index contributed by atoms with van der Waals surface area (Å²) in [5.74, 6) is 0.167. The van der Waals surface area contributed by atoms with Gasteiger partial charge in [-0.3, -0.25) is 0 Å². The van der Waals surface area contributed by atoms with Crippen LogP contribution in [0.5, 0.6) is 0 Å². The van der Waals surface area contributed by atoms with Gasteiger partial charge in [-0.05, 0) is 45.6 Å². The predicted molar refractivity (Wildman–Crippen MR) is 148 cm³/mol. The molecule has 0 bridgehead atoms. The van der Waals surface area contributed by atoms with Gasteiger partial charge in [0.2, 0.25) is 0 Å². The Morgan fingerprint density at radius 2 is 0.806 bits per heavy atom. The maximum absolute atomic E-state index is 11.6. The molecule has 0 saturated heterocycles. The quantitative estimate of drug-likeness (QED) is 0.265. The number of carbonyl (C=O) groups is 1. The van der Waals surface area contributed by atoms with Crippen molar-refractivity contribution in [1.82, 2.24) is 0 Å². The molecule has 12 heteroatoms. The van der Waals surface area contributed by atoms with Gasteiger partial charge in [-0.1, -0.05) is 61.8 Å².